The minimum atomic E-state index is -0.587. The first-order valence-corrected chi connectivity index (χ1v) is 12.1. The van der Waals surface area contributed by atoms with Crippen LogP contribution in [0.1, 0.15) is 62.2 Å². The quantitative estimate of drug-likeness (QED) is 0.627. The van der Waals surface area contributed by atoms with Gasteiger partial charge in [0.15, 0.2) is 0 Å². The van der Waals surface area contributed by atoms with Crippen molar-refractivity contribution in [1.29, 1.82) is 0 Å². The first-order valence-electron chi connectivity index (χ1n) is 12.1. The summed E-state index contributed by atoms with van der Waals surface area (Å²) < 4.78 is 2.29. The number of nitrogens with zero attached hydrogens (tertiary/aromatic N) is 4. The minimum Gasteiger partial charge on any atom is -0.361 e. The molecule has 0 spiro atoms. The molecule has 8 heteroatoms. The number of fused-ring (bicyclic) bond motifs is 2. The maximum Gasteiger partial charge on any atom is 0.245 e. The van der Waals surface area contributed by atoms with E-state index in [-0.39, 0.29) is 17.7 Å². The van der Waals surface area contributed by atoms with E-state index >= 15 is 0 Å². The van der Waals surface area contributed by atoms with Crippen LogP contribution in [0, 0.1) is 0 Å². The van der Waals surface area contributed by atoms with Crippen LogP contribution >= 0.6 is 0 Å². The molecule has 2 atom stereocenters. The molecule has 1 aromatic carbocycles. The van der Waals surface area contributed by atoms with Gasteiger partial charge in [-0.05, 0) is 37.3 Å². The number of aryl methyl sites for hydroxylation is 1. The topological polar surface area (TPSA) is 95.9 Å². The van der Waals surface area contributed by atoms with E-state index in [1.807, 2.05) is 35.4 Å². The summed E-state index contributed by atoms with van der Waals surface area (Å²) in [5, 5.41) is 13.0. The van der Waals surface area contributed by atoms with Crippen molar-refractivity contribution in [3.05, 3.63) is 47.7 Å². The summed E-state index contributed by atoms with van der Waals surface area (Å²) in [6.07, 6.45) is 8.87. The average Bonchev–Trinajstić information content (AvgIpc) is 3.34. The lowest BCUT2D eigenvalue weighted by atomic mass is 9.95. The normalized spacial score (nSPS) is 19.7. The molecule has 2 aromatic heterocycles. The highest BCUT2D eigenvalue weighted by atomic mass is 16.2. The van der Waals surface area contributed by atoms with Crippen molar-refractivity contribution in [2.45, 2.75) is 70.4 Å². The van der Waals surface area contributed by atoms with E-state index in [0.717, 1.165) is 60.3 Å². The monoisotopic (exact) mass is 448 g/mol. The molecule has 0 aliphatic carbocycles. The van der Waals surface area contributed by atoms with Crippen molar-refractivity contribution in [1.82, 2.24) is 30.0 Å². The third-order valence-corrected chi connectivity index (χ3v) is 7.01. The molecule has 5 rings (SSSR count). The maximum absolute atomic E-state index is 13.6. The van der Waals surface area contributed by atoms with Gasteiger partial charge in [0, 0.05) is 62.4 Å². The van der Waals surface area contributed by atoms with Crippen molar-refractivity contribution < 1.29 is 9.59 Å². The molecule has 174 valence electrons. The Balaban J connectivity index is 1.34. The van der Waals surface area contributed by atoms with Gasteiger partial charge in [-0.25, -0.2) is 0 Å². The van der Waals surface area contributed by atoms with Gasteiger partial charge in [-0.15, -0.1) is 10.2 Å². The van der Waals surface area contributed by atoms with Crippen LogP contribution in [0.5, 0.6) is 0 Å². The van der Waals surface area contributed by atoms with E-state index in [1.54, 1.807) is 0 Å². The number of likely N-dealkylation sites (tertiary alicyclic amines) is 1. The van der Waals surface area contributed by atoms with E-state index in [4.69, 9.17) is 0 Å². The molecule has 4 heterocycles. The number of nitrogens with one attached hydrogen (secondary N) is 2. The number of aromatic amines is 1. The third-order valence-electron chi connectivity index (χ3n) is 7.01. The van der Waals surface area contributed by atoms with Crippen LogP contribution in [-0.2, 0) is 29.0 Å². The van der Waals surface area contributed by atoms with Gasteiger partial charge in [-0.3, -0.25) is 9.59 Å². The first-order chi connectivity index (χ1) is 16.1. The Bertz CT molecular complexity index is 1150. The number of rotatable bonds is 5. The lowest BCUT2D eigenvalue weighted by Crippen LogP contribution is -2.51. The SMILES string of the molecule is CC(=O)N[C@H](Cc1c[nH]c2ccccc12)C(=O)N1CCC[C@H](c2nnc3n2CCCCC3)C1. The van der Waals surface area contributed by atoms with Crippen LogP contribution in [0.4, 0.5) is 0 Å². The fraction of sp³-hybridized carbons (Fsp3) is 0.520. The number of amides is 2. The summed E-state index contributed by atoms with van der Waals surface area (Å²) >= 11 is 0. The van der Waals surface area contributed by atoms with E-state index in [2.05, 4.69) is 25.1 Å². The molecule has 33 heavy (non-hydrogen) atoms. The van der Waals surface area contributed by atoms with E-state index in [1.165, 1.54) is 19.8 Å². The molecule has 2 amide bonds. The number of hydrogen-bond acceptors (Lipinski definition) is 4. The number of carbonyl (C=O) groups excluding carboxylic acids is 2. The zero-order valence-corrected chi connectivity index (χ0v) is 19.2. The van der Waals surface area contributed by atoms with Crippen LogP contribution in [0.25, 0.3) is 10.9 Å². The van der Waals surface area contributed by atoms with Crippen LogP contribution in [0.2, 0.25) is 0 Å². The number of aromatic nitrogens is 4. The molecule has 0 bridgehead atoms. The Kier molecular flexibility index (Phi) is 6.15. The molecule has 2 aliphatic heterocycles. The number of benzene rings is 1. The van der Waals surface area contributed by atoms with Gasteiger partial charge in [0.25, 0.3) is 0 Å². The van der Waals surface area contributed by atoms with Crippen LogP contribution in [0.15, 0.2) is 30.5 Å². The second-order valence-electron chi connectivity index (χ2n) is 9.38. The van der Waals surface area contributed by atoms with Crippen LogP contribution in [0.3, 0.4) is 0 Å². The number of piperidine rings is 1. The van der Waals surface area contributed by atoms with Gasteiger partial charge in [0.1, 0.15) is 17.7 Å². The summed E-state index contributed by atoms with van der Waals surface area (Å²) in [4.78, 5) is 30.8. The molecule has 8 nitrogen and oxygen atoms in total. The van der Waals surface area contributed by atoms with E-state index < -0.39 is 6.04 Å². The zero-order valence-electron chi connectivity index (χ0n) is 19.2. The predicted octanol–water partition coefficient (Wildman–Crippen LogP) is 2.94. The van der Waals surface area contributed by atoms with E-state index in [9.17, 15) is 9.59 Å². The maximum atomic E-state index is 13.6. The fourth-order valence-electron chi connectivity index (χ4n) is 5.38. The molecular formula is C25H32N6O2. The van der Waals surface area contributed by atoms with Crippen molar-refractivity contribution in [3.8, 4) is 0 Å². The van der Waals surface area contributed by atoms with Crippen molar-refractivity contribution in [2.24, 2.45) is 0 Å². The molecule has 1 saturated heterocycles. The highest BCUT2D eigenvalue weighted by Gasteiger charge is 2.33. The van der Waals surface area contributed by atoms with Gasteiger partial charge in [-0.2, -0.15) is 0 Å². The molecular weight excluding hydrogens is 416 g/mol. The van der Waals surface area contributed by atoms with Crippen molar-refractivity contribution in [3.63, 3.8) is 0 Å². The Morgan fingerprint density at radius 2 is 2.03 bits per heavy atom. The lowest BCUT2D eigenvalue weighted by Gasteiger charge is -2.35. The average molecular weight is 449 g/mol. The second kappa shape index (κ2) is 9.37. The van der Waals surface area contributed by atoms with Crippen molar-refractivity contribution in [2.75, 3.05) is 13.1 Å². The first kappa shape index (κ1) is 21.7. The third kappa shape index (κ3) is 4.51. The molecule has 3 aromatic rings. The summed E-state index contributed by atoms with van der Waals surface area (Å²) in [7, 11) is 0. The van der Waals surface area contributed by atoms with Crippen LogP contribution in [-0.4, -0.2) is 55.6 Å². The number of carbonyl (C=O) groups is 2. The second-order valence-corrected chi connectivity index (χ2v) is 9.38. The lowest BCUT2D eigenvalue weighted by molar-refractivity contribution is -0.137. The predicted molar refractivity (Wildman–Crippen MR) is 126 cm³/mol. The van der Waals surface area contributed by atoms with Gasteiger partial charge >= 0.3 is 0 Å². The molecule has 1 fully saturated rings. The summed E-state index contributed by atoms with van der Waals surface area (Å²) in [6.45, 7) is 3.78. The number of H-pyrrole nitrogens is 1. The smallest absolute Gasteiger partial charge is 0.245 e. The number of para-hydroxylation sites is 1. The zero-order chi connectivity index (χ0) is 22.8. The van der Waals surface area contributed by atoms with Crippen molar-refractivity contribution >= 4 is 22.7 Å². The Hall–Kier alpha value is -3.16. The summed E-state index contributed by atoms with van der Waals surface area (Å²) in [5.41, 5.74) is 2.07. The summed E-state index contributed by atoms with van der Waals surface area (Å²) in [5.74, 6) is 2.09. The Morgan fingerprint density at radius 1 is 1.15 bits per heavy atom. The molecule has 2 aliphatic rings. The standard InChI is InChI=1S/C25H32N6O2/c1-17(32)27-22(14-19-15-26-21-10-5-4-9-20(19)21)25(33)30-12-7-8-18(16-30)24-29-28-23-11-3-2-6-13-31(23)24/h4-5,9-10,15,18,22,26H,2-3,6-8,11-14,16H2,1H3,(H,27,32)/t18-,22+/m0/s1. The Morgan fingerprint density at radius 3 is 2.91 bits per heavy atom. The Labute approximate surface area is 193 Å². The number of hydrogen-bond donors (Lipinski definition) is 2. The van der Waals surface area contributed by atoms with Gasteiger partial charge < -0.3 is 19.8 Å². The molecule has 0 unspecified atom stereocenters. The summed E-state index contributed by atoms with van der Waals surface area (Å²) in [6, 6.07) is 7.45. The molecule has 0 saturated carbocycles. The molecule has 0 radical (unpaired) electrons. The van der Waals surface area contributed by atoms with Gasteiger partial charge in [0.2, 0.25) is 11.8 Å². The van der Waals surface area contributed by atoms with Crippen LogP contribution < -0.4 is 5.32 Å². The fourth-order valence-corrected chi connectivity index (χ4v) is 5.38. The molecule has 2 N–H and O–H groups in total. The van der Waals surface area contributed by atoms with E-state index in [0.29, 0.717) is 19.5 Å². The highest BCUT2D eigenvalue weighted by molar-refractivity contribution is 5.89. The van der Waals surface area contributed by atoms with Gasteiger partial charge in [-0.1, -0.05) is 24.6 Å². The highest BCUT2D eigenvalue weighted by Crippen LogP contribution is 2.29. The van der Waals surface area contributed by atoms with Gasteiger partial charge in [0.05, 0.1) is 0 Å². The minimum absolute atomic E-state index is 0.0178. The largest absolute Gasteiger partial charge is 0.361 e.